The minimum atomic E-state index is -4.05. The molecule has 0 heterocycles. The molecule has 2 N–H and O–H groups in total. The monoisotopic (exact) mass is 281 g/mol. The Bertz CT molecular complexity index is 271. The Balaban J connectivity index is 2.59. The summed E-state index contributed by atoms with van der Waals surface area (Å²) in [6.45, 7) is 2.16. The Kier molecular flexibility index (Phi) is 5.65. The zero-order chi connectivity index (χ0) is 14.7. The Labute approximate surface area is 113 Å². The molecule has 1 aliphatic rings. The molecule has 1 fully saturated rings. The first-order chi connectivity index (χ1) is 8.71. The van der Waals surface area contributed by atoms with Crippen molar-refractivity contribution in [1.82, 2.24) is 9.80 Å². The maximum atomic E-state index is 12.7. The van der Waals surface area contributed by atoms with Crippen molar-refractivity contribution in [1.29, 1.82) is 0 Å². The number of nitrogens with zero attached hydrogens (tertiary/aromatic N) is 2. The second-order valence-corrected chi connectivity index (χ2v) is 5.97. The van der Waals surface area contributed by atoms with Gasteiger partial charge in [-0.25, -0.2) is 0 Å². The van der Waals surface area contributed by atoms with Crippen molar-refractivity contribution in [2.45, 2.75) is 37.4 Å². The zero-order valence-corrected chi connectivity index (χ0v) is 12.1. The van der Waals surface area contributed by atoms with E-state index in [4.69, 9.17) is 5.73 Å². The number of likely N-dealkylation sites (N-methyl/N-ethyl adjacent to an activating group) is 2. The summed E-state index contributed by atoms with van der Waals surface area (Å²) in [6.07, 6.45) is -2.57. The Morgan fingerprint density at radius 1 is 1.11 bits per heavy atom. The Morgan fingerprint density at radius 2 is 1.63 bits per heavy atom. The van der Waals surface area contributed by atoms with Crippen LogP contribution in [0.4, 0.5) is 13.2 Å². The summed E-state index contributed by atoms with van der Waals surface area (Å²) in [7, 11) is 5.96. The molecule has 0 unspecified atom stereocenters. The van der Waals surface area contributed by atoms with Crippen LogP contribution in [0.15, 0.2) is 0 Å². The first kappa shape index (κ1) is 16.7. The topological polar surface area (TPSA) is 32.5 Å². The summed E-state index contributed by atoms with van der Waals surface area (Å²) in [4.78, 5) is 4.22. The molecule has 0 spiro atoms. The van der Waals surface area contributed by atoms with Gasteiger partial charge in [0, 0.05) is 25.2 Å². The van der Waals surface area contributed by atoms with Crippen LogP contribution in [0.2, 0.25) is 0 Å². The average Bonchev–Trinajstić information content (AvgIpc) is 2.34. The van der Waals surface area contributed by atoms with E-state index in [1.165, 1.54) is 0 Å². The van der Waals surface area contributed by atoms with Gasteiger partial charge in [-0.3, -0.25) is 4.90 Å². The van der Waals surface area contributed by atoms with E-state index in [2.05, 4.69) is 9.80 Å². The number of hydrogen-bond donors (Lipinski definition) is 1. The molecule has 0 aliphatic heterocycles. The lowest BCUT2D eigenvalue weighted by molar-refractivity contribution is -0.188. The highest BCUT2D eigenvalue weighted by atomic mass is 19.4. The van der Waals surface area contributed by atoms with Crippen LogP contribution in [-0.2, 0) is 0 Å². The lowest BCUT2D eigenvalue weighted by Crippen LogP contribution is -2.56. The number of alkyl halides is 3. The van der Waals surface area contributed by atoms with Gasteiger partial charge in [-0.2, -0.15) is 13.2 Å². The van der Waals surface area contributed by atoms with Gasteiger partial charge in [0.25, 0.3) is 0 Å². The Hall–Kier alpha value is -0.330. The van der Waals surface area contributed by atoms with Gasteiger partial charge in [0.2, 0.25) is 0 Å². The van der Waals surface area contributed by atoms with Gasteiger partial charge in [-0.1, -0.05) is 0 Å². The van der Waals surface area contributed by atoms with E-state index in [1.54, 1.807) is 0 Å². The molecule has 19 heavy (non-hydrogen) atoms. The molecule has 0 atom stereocenters. The van der Waals surface area contributed by atoms with E-state index in [0.29, 0.717) is 19.4 Å². The van der Waals surface area contributed by atoms with Crippen LogP contribution >= 0.6 is 0 Å². The molecule has 1 aliphatic carbocycles. The van der Waals surface area contributed by atoms with E-state index >= 15 is 0 Å². The van der Waals surface area contributed by atoms with Gasteiger partial charge in [0.15, 0.2) is 0 Å². The van der Waals surface area contributed by atoms with Crippen LogP contribution in [0.3, 0.4) is 0 Å². The molecule has 0 aromatic rings. The lowest BCUT2D eigenvalue weighted by atomic mass is 9.75. The first-order valence-corrected chi connectivity index (χ1v) is 6.84. The maximum absolute atomic E-state index is 12.7. The second kappa shape index (κ2) is 6.41. The van der Waals surface area contributed by atoms with Crippen molar-refractivity contribution in [3.63, 3.8) is 0 Å². The van der Waals surface area contributed by atoms with Crippen LogP contribution < -0.4 is 5.73 Å². The molecular weight excluding hydrogens is 255 g/mol. The van der Waals surface area contributed by atoms with Crippen molar-refractivity contribution in [2.24, 2.45) is 11.7 Å². The van der Waals surface area contributed by atoms with Gasteiger partial charge < -0.3 is 10.6 Å². The third-order valence-corrected chi connectivity index (χ3v) is 4.45. The van der Waals surface area contributed by atoms with Crippen molar-refractivity contribution >= 4 is 0 Å². The minimum Gasteiger partial charge on any atom is -0.329 e. The fourth-order valence-corrected chi connectivity index (χ4v) is 2.81. The smallest absolute Gasteiger partial charge is 0.329 e. The number of halogens is 3. The van der Waals surface area contributed by atoms with E-state index in [1.807, 2.05) is 21.1 Å². The molecule has 114 valence electrons. The fourth-order valence-electron chi connectivity index (χ4n) is 2.81. The summed E-state index contributed by atoms with van der Waals surface area (Å²) in [5.41, 5.74) is 5.61. The molecule has 0 radical (unpaired) electrons. The zero-order valence-electron chi connectivity index (χ0n) is 12.1. The average molecular weight is 281 g/mol. The molecular formula is C13H26F3N3. The molecule has 0 bridgehead atoms. The van der Waals surface area contributed by atoms with Crippen molar-refractivity contribution in [3.8, 4) is 0 Å². The van der Waals surface area contributed by atoms with Gasteiger partial charge >= 0.3 is 6.18 Å². The van der Waals surface area contributed by atoms with E-state index < -0.39 is 12.1 Å². The summed E-state index contributed by atoms with van der Waals surface area (Å²) in [5, 5.41) is 0. The van der Waals surface area contributed by atoms with Crippen molar-refractivity contribution in [3.05, 3.63) is 0 Å². The van der Waals surface area contributed by atoms with Gasteiger partial charge in [-0.05, 0) is 46.8 Å². The first-order valence-electron chi connectivity index (χ1n) is 6.84. The third-order valence-electron chi connectivity index (χ3n) is 4.45. The molecule has 3 nitrogen and oxygen atoms in total. The van der Waals surface area contributed by atoms with Gasteiger partial charge in [-0.15, -0.1) is 0 Å². The van der Waals surface area contributed by atoms with Crippen LogP contribution in [-0.4, -0.2) is 62.3 Å². The number of hydrogen-bond acceptors (Lipinski definition) is 3. The maximum Gasteiger partial charge on any atom is 0.391 e. The van der Waals surface area contributed by atoms with E-state index in [-0.39, 0.29) is 18.4 Å². The largest absolute Gasteiger partial charge is 0.391 e. The highest BCUT2D eigenvalue weighted by molar-refractivity contribution is 4.96. The molecule has 0 aromatic carbocycles. The molecule has 6 heteroatoms. The number of nitrogens with two attached hydrogens (primary N) is 1. The van der Waals surface area contributed by atoms with Crippen molar-refractivity contribution in [2.75, 3.05) is 40.8 Å². The van der Waals surface area contributed by atoms with Crippen LogP contribution in [0.25, 0.3) is 0 Å². The predicted molar refractivity (Wildman–Crippen MR) is 71.0 cm³/mol. The quantitative estimate of drug-likeness (QED) is 0.836. The normalized spacial score (nSPS) is 29.2. The molecule has 1 rings (SSSR count). The van der Waals surface area contributed by atoms with Gasteiger partial charge in [0.1, 0.15) is 0 Å². The van der Waals surface area contributed by atoms with Crippen LogP contribution in [0.5, 0.6) is 0 Å². The molecule has 0 saturated heterocycles. The highest BCUT2D eigenvalue weighted by Crippen LogP contribution is 2.42. The third kappa shape index (κ3) is 4.33. The fraction of sp³-hybridized carbons (Fsp3) is 1.00. The summed E-state index contributed by atoms with van der Waals surface area (Å²) in [5.74, 6) is -1.14. The standard InChI is InChI=1S/C13H26F3N3/c1-18(2)8-9-19(3)12(10-17)6-4-11(5-7-12)13(14,15)16/h11H,4-10,17H2,1-3H3. The molecule has 1 saturated carbocycles. The highest BCUT2D eigenvalue weighted by Gasteiger charge is 2.46. The summed E-state index contributed by atoms with van der Waals surface area (Å²) < 4.78 is 38.1. The molecule has 0 aromatic heterocycles. The van der Waals surface area contributed by atoms with E-state index in [9.17, 15) is 13.2 Å². The second-order valence-electron chi connectivity index (χ2n) is 5.97. The Morgan fingerprint density at radius 3 is 2.00 bits per heavy atom. The van der Waals surface area contributed by atoms with Crippen LogP contribution in [0.1, 0.15) is 25.7 Å². The van der Waals surface area contributed by atoms with Gasteiger partial charge in [0.05, 0.1) is 5.92 Å². The summed E-state index contributed by atoms with van der Waals surface area (Å²) >= 11 is 0. The van der Waals surface area contributed by atoms with Crippen molar-refractivity contribution < 1.29 is 13.2 Å². The summed E-state index contributed by atoms with van der Waals surface area (Å²) in [6, 6.07) is 0. The lowest BCUT2D eigenvalue weighted by Gasteiger charge is -2.46. The van der Waals surface area contributed by atoms with Crippen LogP contribution in [0, 0.1) is 5.92 Å². The van der Waals surface area contributed by atoms with E-state index in [0.717, 1.165) is 13.1 Å². The number of rotatable bonds is 5. The SMILES string of the molecule is CN(C)CCN(C)C1(CN)CCC(C(F)(F)F)CC1. The molecule has 0 amide bonds. The minimum absolute atomic E-state index is 0.201. The predicted octanol–water partition coefficient (Wildman–Crippen LogP) is 1.93.